The van der Waals surface area contributed by atoms with E-state index >= 15 is 0 Å². The zero-order valence-electron chi connectivity index (χ0n) is 4.31. The number of benzene rings is 1. The molecule has 1 aromatic rings. The molecule has 0 spiro atoms. The van der Waals surface area contributed by atoms with E-state index in [1.54, 1.807) is 0 Å². The van der Waals surface area contributed by atoms with Crippen molar-refractivity contribution in [3.05, 3.63) is 35.9 Å². The van der Waals surface area contributed by atoms with E-state index in [1.807, 2.05) is 31.2 Å². The molecule has 1 radical (unpaired) electrons. The van der Waals surface area contributed by atoms with E-state index in [4.69, 9.17) is 0 Å². The van der Waals surface area contributed by atoms with Crippen LogP contribution < -0.4 is 0 Å². The fourth-order valence-electron chi connectivity index (χ4n) is 0.483. The van der Waals surface area contributed by atoms with Crippen LogP contribution in [0.25, 0.3) is 0 Å². The molecule has 1 heteroatoms. The van der Waals surface area contributed by atoms with Crippen molar-refractivity contribution < 1.29 is 0 Å². The summed E-state index contributed by atoms with van der Waals surface area (Å²) in [5, 5.41) is 0. The number of hydrogen-bond donors (Lipinski definition) is 0. The first-order valence-corrected chi connectivity index (χ1v) is 2.33. The van der Waals surface area contributed by atoms with Gasteiger partial charge in [-0.15, -0.1) is 0 Å². The quantitative estimate of drug-likeness (QED) is 0.463. The predicted molar refractivity (Wildman–Crippen MR) is 37.2 cm³/mol. The molecule has 8 heavy (non-hydrogen) atoms. The van der Waals surface area contributed by atoms with Crippen molar-refractivity contribution in [1.82, 2.24) is 0 Å². The van der Waals surface area contributed by atoms with Gasteiger partial charge in [-0.25, -0.2) is 0 Å². The van der Waals surface area contributed by atoms with Crippen molar-refractivity contribution in [3.8, 4) is 0 Å². The van der Waals surface area contributed by atoms with Gasteiger partial charge in [-0.3, -0.25) is 0 Å². The van der Waals surface area contributed by atoms with E-state index in [1.165, 1.54) is 5.56 Å². The average molecular weight is 131 g/mol. The number of aryl methyl sites for hydroxylation is 1. The molecule has 0 bridgehead atoms. The molecule has 0 aromatic heterocycles. The third-order valence-electron chi connectivity index (χ3n) is 0.865. The summed E-state index contributed by atoms with van der Waals surface area (Å²) in [7, 11) is 0. The Morgan fingerprint density at radius 1 is 1.38 bits per heavy atom. The Balaban J connectivity index is 0.000000490. The van der Waals surface area contributed by atoms with Crippen LogP contribution in [0.15, 0.2) is 24.3 Å². The summed E-state index contributed by atoms with van der Waals surface area (Å²) in [6.45, 7) is 2.03. The Hall–Kier alpha value is 0.856. The van der Waals surface area contributed by atoms with Crippen molar-refractivity contribution in [2.24, 2.45) is 0 Å². The normalized spacial score (nSPS) is 7.62. The SMILES string of the molecule is Cc1[c]cccc1.[KH]. The third kappa shape index (κ3) is 3.00. The van der Waals surface area contributed by atoms with Gasteiger partial charge < -0.3 is 0 Å². The van der Waals surface area contributed by atoms with Gasteiger partial charge in [0.15, 0.2) is 0 Å². The van der Waals surface area contributed by atoms with Crippen LogP contribution in [0, 0.1) is 13.0 Å². The summed E-state index contributed by atoms with van der Waals surface area (Å²) < 4.78 is 0. The molecule has 1 aromatic carbocycles. The molecule has 0 nitrogen and oxygen atoms in total. The minimum atomic E-state index is 0. The first-order valence-electron chi connectivity index (χ1n) is 2.33. The molecule has 0 N–H and O–H groups in total. The van der Waals surface area contributed by atoms with Crippen LogP contribution in [0.3, 0.4) is 0 Å². The second kappa shape index (κ2) is 4.71. The Morgan fingerprint density at radius 3 is 2.38 bits per heavy atom. The second-order valence-corrected chi connectivity index (χ2v) is 1.55. The van der Waals surface area contributed by atoms with Crippen LogP contribution in [0.1, 0.15) is 5.56 Å². The summed E-state index contributed by atoms with van der Waals surface area (Å²) in [6, 6.07) is 10.9. The van der Waals surface area contributed by atoms with Crippen molar-refractivity contribution in [1.29, 1.82) is 0 Å². The van der Waals surface area contributed by atoms with E-state index in [-0.39, 0.29) is 51.4 Å². The van der Waals surface area contributed by atoms with Gasteiger partial charge in [0.1, 0.15) is 0 Å². The van der Waals surface area contributed by atoms with Gasteiger partial charge in [0, 0.05) is 0 Å². The Kier molecular flexibility index (Phi) is 5.21. The molecule has 1 rings (SSSR count). The molecule has 0 unspecified atom stereocenters. The fourth-order valence-corrected chi connectivity index (χ4v) is 0.483. The van der Waals surface area contributed by atoms with Gasteiger partial charge in [0.05, 0.1) is 0 Å². The van der Waals surface area contributed by atoms with Crippen LogP contribution in [0.2, 0.25) is 0 Å². The van der Waals surface area contributed by atoms with Gasteiger partial charge in [-0.1, -0.05) is 24.3 Å². The maximum atomic E-state index is 3.03. The first-order chi connectivity index (χ1) is 3.39. The molecule has 0 fully saturated rings. The molecular formula is C7H8K. The summed E-state index contributed by atoms with van der Waals surface area (Å²) >= 11 is 0. The minimum absolute atomic E-state index is 0. The van der Waals surface area contributed by atoms with Crippen LogP contribution in [-0.4, -0.2) is 51.4 Å². The molecule has 0 amide bonds. The summed E-state index contributed by atoms with van der Waals surface area (Å²) in [5.41, 5.74) is 1.20. The van der Waals surface area contributed by atoms with Crippen LogP contribution in [0.4, 0.5) is 0 Å². The van der Waals surface area contributed by atoms with Crippen LogP contribution >= 0.6 is 0 Å². The zero-order valence-corrected chi connectivity index (χ0v) is 4.31. The number of hydrogen-bond acceptors (Lipinski definition) is 0. The van der Waals surface area contributed by atoms with Crippen molar-refractivity contribution in [3.63, 3.8) is 0 Å². The summed E-state index contributed by atoms with van der Waals surface area (Å²) in [6.07, 6.45) is 0. The molecule has 0 atom stereocenters. The van der Waals surface area contributed by atoms with Gasteiger partial charge in [-0.05, 0) is 18.6 Å². The fraction of sp³-hybridized carbons (Fsp3) is 0.143. The van der Waals surface area contributed by atoms with Crippen molar-refractivity contribution in [2.45, 2.75) is 6.92 Å². The van der Waals surface area contributed by atoms with Crippen molar-refractivity contribution in [2.75, 3.05) is 0 Å². The van der Waals surface area contributed by atoms with E-state index in [2.05, 4.69) is 6.07 Å². The van der Waals surface area contributed by atoms with Crippen LogP contribution in [0.5, 0.6) is 0 Å². The molecule has 0 heterocycles. The summed E-state index contributed by atoms with van der Waals surface area (Å²) in [4.78, 5) is 0. The molecule has 0 aliphatic heterocycles. The molecule has 0 aliphatic carbocycles. The second-order valence-electron chi connectivity index (χ2n) is 1.55. The molecule has 0 aliphatic rings. The van der Waals surface area contributed by atoms with E-state index < -0.39 is 0 Å². The monoisotopic (exact) mass is 131 g/mol. The molecule has 37 valence electrons. The molecule has 0 saturated heterocycles. The molecule has 0 saturated carbocycles. The average Bonchev–Trinajstić information content (AvgIpc) is 1.69. The van der Waals surface area contributed by atoms with E-state index in [0.29, 0.717) is 0 Å². The third-order valence-corrected chi connectivity index (χ3v) is 0.865. The first kappa shape index (κ1) is 8.86. The standard InChI is InChI=1S/C7H7.K.H/c1-7-5-3-2-4-6-7;;/h2-5H,1H3;;. The van der Waals surface area contributed by atoms with Gasteiger partial charge in [0.25, 0.3) is 0 Å². The van der Waals surface area contributed by atoms with Crippen molar-refractivity contribution >= 4 is 51.4 Å². The van der Waals surface area contributed by atoms with Gasteiger partial charge >= 0.3 is 51.4 Å². The van der Waals surface area contributed by atoms with E-state index in [0.717, 1.165) is 0 Å². The van der Waals surface area contributed by atoms with Gasteiger partial charge in [0.2, 0.25) is 0 Å². The summed E-state index contributed by atoms with van der Waals surface area (Å²) in [5.74, 6) is 0. The topological polar surface area (TPSA) is 0 Å². The number of rotatable bonds is 0. The zero-order chi connectivity index (χ0) is 5.11. The van der Waals surface area contributed by atoms with Crippen LogP contribution in [-0.2, 0) is 0 Å². The molecular weight excluding hydrogens is 123 g/mol. The van der Waals surface area contributed by atoms with E-state index in [9.17, 15) is 0 Å². The van der Waals surface area contributed by atoms with Gasteiger partial charge in [-0.2, -0.15) is 0 Å². The maximum absolute atomic E-state index is 3.03. The predicted octanol–water partition coefficient (Wildman–Crippen LogP) is 1.15. The Labute approximate surface area is 92.7 Å². The Bertz CT molecular complexity index is 134. The Morgan fingerprint density at radius 2 is 2.12 bits per heavy atom.